The highest BCUT2D eigenvalue weighted by Crippen LogP contribution is 2.17. The lowest BCUT2D eigenvalue weighted by Gasteiger charge is -2.08. The van der Waals surface area contributed by atoms with Crippen LogP contribution in [0.5, 0.6) is 5.75 Å². The quantitative estimate of drug-likeness (QED) is 0.713. The van der Waals surface area contributed by atoms with Crippen molar-refractivity contribution in [2.75, 3.05) is 18.1 Å². The van der Waals surface area contributed by atoms with E-state index in [1.54, 1.807) is 0 Å². The van der Waals surface area contributed by atoms with Gasteiger partial charge >= 0.3 is 0 Å². The maximum absolute atomic E-state index is 11.3. The van der Waals surface area contributed by atoms with Gasteiger partial charge in [-0.1, -0.05) is 24.2 Å². The number of aromatic nitrogens is 1. The summed E-state index contributed by atoms with van der Waals surface area (Å²) in [6, 6.07) is 7.98. The molecule has 0 amide bonds. The first kappa shape index (κ1) is 17.7. The molecule has 1 N–H and O–H groups in total. The SMILES string of the molecule is CCS(=O)CCNCc1ccc(OCc2c(C)noc2C)cc1. The number of aryl methyl sites for hydroxylation is 2. The Balaban J connectivity index is 1.77. The summed E-state index contributed by atoms with van der Waals surface area (Å²) in [4.78, 5) is 0. The Morgan fingerprint density at radius 2 is 2.00 bits per heavy atom. The van der Waals surface area contributed by atoms with Crippen molar-refractivity contribution in [2.24, 2.45) is 0 Å². The van der Waals surface area contributed by atoms with E-state index in [9.17, 15) is 4.21 Å². The molecule has 0 aliphatic heterocycles. The van der Waals surface area contributed by atoms with E-state index in [0.29, 0.717) is 12.4 Å². The van der Waals surface area contributed by atoms with E-state index < -0.39 is 10.8 Å². The largest absolute Gasteiger partial charge is 0.489 e. The van der Waals surface area contributed by atoms with E-state index in [1.165, 1.54) is 5.56 Å². The molecule has 0 saturated carbocycles. The Hall–Kier alpha value is -1.66. The molecule has 126 valence electrons. The van der Waals surface area contributed by atoms with Gasteiger partial charge < -0.3 is 14.6 Å². The van der Waals surface area contributed by atoms with Crippen LogP contribution in [-0.4, -0.2) is 27.4 Å². The van der Waals surface area contributed by atoms with Crippen LogP contribution in [0.15, 0.2) is 28.8 Å². The zero-order valence-electron chi connectivity index (χ0n) is 13.9. The second-order valence-electron chi connectivity index (χ2n) is 5.34. The molecular weight excluding hydrogens is 312 g/mol. The first-order valence-corrected chi connectivity index (χ1v) is 9.28. The van der Waals surface area contributed by atoms with Crippen molar-refractivity contribution in [1.82, 2.24) is 10.5 Å². The molecule has 2 rings (SSSR count). The van der Waals surface area contributed by atoms with Gasteiger partial charge in [0.2, 0.25) is 0 Å². The Bertz CT molecular complexity index is 618. The van der Waals surface area contributed by atoms with Crippen molar-refractivity contribution in [3.8, 4) is 5.75 Å². The number of nitrogens with zero attached hydrogens (tertiary/aromatic N) is 1. The topological polar surface area (TPSA) is 64.4 Å². The van der Waals surface area contributed by atoms with Gasteiger partial charge in [-0.2, -0.15) is 0 Å². The summed E-state index contributed by atoms with van der Waals surface area (Å²) in [7, 11) is -0.705. The molecule has 0 saturated heterocycles. The van der Waals surface area contributed by atoms with Crippen LogP contribution in [0, 0.1) is 13.8 Å². The predicted octanol–water partition coefficient (Wildman–Crippen LogP) is 2.73. The average molecular weight is 336 g/mol. The number of ether oxygens (including phenoxy) is 1. The van der Waals surface area contributed by atoms with E-state index in [-0.39, 0.29) is 0 Å². The van der Waals surface area contributed by atoms with Crippen LogP contribution in [0.4, 0.5) is 0 Å². The zero-order chi connectivity index (χ0) is 16.7. The minimum atomic E-state index is -0.705. The van der Waals surface area contributed by atoms with Crippen LogP contribution < -0.4 is 10.1 Å². The van der Waals surface area contributed by atoms with Crippen molar-refractivity contribution in [3.63, 3.8) is 0 Å². The number of hydrogen-bond donors (Lipinski definition) is 1. The van der Waals surface area contributed by atoms with E-state index in [0.717, 1.165) is 41.6 Å². The summed E-state index contributed by atoms with van der Waals surface area (Å²) < 4.78 is 22.2. The van der Waals surface area contributed by atoms with Gasteiger partial charge in [-0.05, 0) is 31.5 Å². The first-order valence-electron chi connectivity index (χ1n) is 7.79. The van der Waals surface area contributed by atoms with Crippen LogP contribution in [0.2, 0.25) is 0 Å². The van der Waals surface area contributed by atoms with Gasteiger partial charge in [0, 0.05) is 35.4 Å². The minimum absolute atomic E-state index is 0.460. The molecule has 1 aromatic heterocycles. The highest BCUT2D eigenvalue weighted by molar-refractivity contribution is 7.84. The molecule has 0 radical (unpaired) electrons. The fourth-order valence-electron chi connectivity index (χ4n) is 2.13. The second-order valence-corrected chi connectivity index (χ2v) is 7.21. The van der Waals surface area contributed by atoms with Crippen molar-refractivity contribution in [2.45, 2.75) is 33.9 Å². The molecule has 0 aliphatic carbocycles. The highest BCUT2D eigenvalue weighted by atomic mass is 32.2. The number of benzene rings is 1. The van der Waals surface area contributed by atoms with Gasteiger partial charge in [0.15, 0.2) is 0 Å². The van der Waals surface area contributed by atoms with Crippen molar-refractivity contribution >= 4 is 10.8 Å². The zero-order valence-corrected chi connectivity index (χ0v) is 14.7. The molecule has 2 aromatic rings. The van der Waals surface area contributed by atoms with E-state index >= 15 is 0 Å². The molecule has 0 spiro atoms. The van der Waals surface area contributed by atoms with Gasteiger partial charge in [0.1, 0.15) is 18.1 Å². The summed E-state index contributed by atoms with van der Waals surface area (Å²) in [6.45, 7) is 7.74. The monoisotopic (exact) mass is 336 g/mol. The smallest absolute Gasteiger partial charge is 0.140 e. The third-order valence-electron chi connectivity index (χ3n) is 3.65. The summed E-state index contributed by atoms with van der Waals surface area (Å²) in [5, 5.41) is 7.22. The van der Waals surface area contributed by atoms with Crippen LogP contribution in [0.25, 0.3) is 0 Å². The van der Waals surface area contributed by atoms with Gasteiger partial charge in [-0.3, -0.25) is 4.21 Å². The average Bonchev–Trinajstić information content (AvgIpc) is 2.89. The van der Waals surface area contributed by atoms with Gasteiger partial charge in [0.25, 0.3) is 0 Å². The molecule has 23 heavy (non-hydrogen) atoms. The lowest BCUT2D eigenvalue weighted by atomic mass is 10.2. The van der Waals surface area contributed by atoms with Crippen molar-refractivity contribution in [1.29, 1.82) is 0 Å². The highest BCUT2D eigenvalue weighted by Gasteiger charge is 2.09. The van der Waals surface area contributed by atoms with Crippen LogP contribution in [-0.2, 0) is 24.0 Å². The standard InChI is InChI=1S/C17H24N2O3S/c1-4-23(20)10-9-18-11-15-5-7-16(8-6-15)21-12-17-13(2)19-22-14(17)3/h5-8,18H,4,9-12H2,1-3H3. The molecule has 6 heteroatoms. The minimum Gasteiger partial charge on any atom is -0.489 e. The van der Waals surface area contributed by atoms with Gasteiger partial charge in [-0.25, -0.2) is 0 Å². The maximum atomic E-state index is 11.3. The third-order valence-corrected chi connectivity index (χ3v) is 4.95. The molecule has 1 atom stereocenters. The third kappa shape index (κ3) is 5.48. The summed E-state index contributed by atoms with van der Waals surface area (Å²) in [5.74, 6) is 3.04. The lowest BCUT2D eigenvalue weighted by molar-refractivity contribution is 0.301. The van der Waals surface area contributed by atoms with Gasteiger partial charge in [-0.15, -0.1) is 0 Å². The Labute approximate surface area is 139 Å². The molecular formula is C17H24N2O3S. The van der Waals surface area contributed by atoms with Crippen LogP contribution in [0.3, 0.4) is 0 Å². The van der Waals surface area contributed by atoms with E-state index in [2.05, 4.69) is 10.5 Å². The predicted molar refractivity (Wildman–Crippen MR) is 92.0 cm³/mol. The summed E-state index contributed by atoms with van der Waals surface area (Å²) in [5.41, 5.74) is 3.05. The molecule has 5 nitrogen and oxygen atoms in total. The second kappa shape index (κ2) is 8.84. The molecule has 0 fully saturated rings. The lowest BCUT2D eigenvalue weighted by Crippen LogP contribution is -2.20. The molecule has 1 heterocycles. The Morgan fingerprint density at radius 1 is 1.26 bits per heavy atom. The number of hydrogen-bond acceptors (Lipinski definition) is 5. The fourth-order valence-corrected chi connectivity index (χ4v) is 2.79. The Kier molecular flexibility index (Phi) is 6.80. The number of nitrogens with one attached hydrogen (secondary N) is 1. The van der Waals surface area contributed by atoms with E-state index in [1.807, 2.05) is 45.0 Å². The summed E-state index contributed by atoms with van der Waals surface area (Å²) in [6.07, 6.45) is 0. The van der Waals surface area contributed by atoms with Gasteiger partial charge in [0.05, 0.1) is 11.3 Å². The summed E-state index contributed by atoms with van der Waals surface area (Å²) >= 11 is 0. The normalized spacial score (nSPS) is 12.3. The van der Waals surface area contributed by atoms with Crippen molar-refractivity contribution in [3.05, 3.63) is 46.8 Å². The maximum Gasteiger partial charge on any atom is 0.140 e. The molecule has 1 aromatic carbocycles. The number of rotatable bonds is 9. The fraction of sp³-hybridized carbons (Fsp3) is 0.471. The van der Waals surface area contributed by atoms with E-state index in [4.69, 9.17) is 9.26 Å². The first-order chi connectivity index (χ1) is 11.1. The molecule has 0 bridgehead atoms. The molecule has 0 aliphatic rings. The van der Waals surface area contributed by atoms with Crippen LogP contribution in [0.1, 0.15) is 29.5 Å². The Morgan fingerprint density at radius 3 is 2.61 bits per heavy atom. The molecule has 1 unspecified atom stereocenters. The van der Waals surface area contributed by atoms with Crippen molar-refractivity contribution < 1.29 is 13.5 Å². The van der Waals surface area contributed by atoms with Crippen LogP contribution >= 0.6 is 0 Å².